The zero-order chi connectivity index (χ0) is 12.4. The smallest absolute Gasteiger partial charge is 0.139 e. The van der Waals surface area contributed by atoms with Crippen molar-refractivity contribution in [3.63, 3.8) is 0 Å². The summed E-state index contributed by atoms with van der Waals surface area (Å²) in [6.45, 7) is 6.22. The van der Waals surface area contributed by atoms with Gasteiger partial charge in [0.05, 0.1) is 0 Å². The maximum Gasteiger partial charge on any atom is 0.139 e. The Balaban J connectivity index is 2.54. The number of benzene rings is 1. The molecule has 0 amide bonds. The lowest BCUT2D eigenvalue weighted by atomic mass is 10.1. The molecule has 0 unspecified atom stereocenters. The van der Waals surface area contributed by atoms with Crippen LogP contribution in [0.4, 0.5) is 0 Å². The van der Waals surface area contributed by atoms with Crippen LogP contribution in [-0.2, 0) is 6.42 Å². The molecule has 2 aromatic rings. The van der Waals surface area contributed by atoms with Crippen LogP contribution in [0.3, 0.4) is 0 Å². The molecule has 0 aliphatic rings. The summed E-state index contributed by atoms with van der Waals surface area (Å²) >= 11 is 5.32. The fraction of sp³-hybridized carbons (Fsp3) is 0.286. The van der Waals surface area contributed by atoms with E-state index in [1.165, 1.54) is 5.56 Å². The first-order valence-electron chi connectivity index (χ1n) is 5.78. The van der Waals surface area contributed by atoms with E-state index in [9.17, 15) is 0 Å². The van der Waals surface area contributed by atoms with Crippen LogP contribution in [0.1, 0.15) is 23.7 Å². The molecule has 88 valence electrons. The van der Waals surface area contributed by atoms with Crippen molar-refractivity contribution in [2.75, 3.05) is 0 Å². The average Bonchev–Trinajstić information content (AvgIpc) is 2.29. The van der Waals surface area contributed by atoms with Gasteiger partial charge in [0.2, 0.25) is 0 Å². The number of rotatable bonds is 2. The van der Waals surface area contributed by atoms with Crippen LogP contribution in [0.5, 0.6) is 0 Å². The first-order chi connectivity index (χ1) is 8.11. The maximum absolute atomic E-state index is 5.32. The van der Waals surface area contributed by atoms with Crippen molar-refractivity contribution in [1.29, 1.82) is 0 Å². The molecule has 0 fully saturated rings. The molecule has 0 aliphatic carbocycles. The summed E-state index contributed by atoms with van der Waals surface area (Å²) in [5.74, 6) is 0.852. The molecule has 1 aromatic carbocycles. The molecule has 0 radical (unpaired) electrons. The van der Waals surface area contributed by atoms with Gasteiger partial charge in [-0.25, -0.2) is 4.98 Å². The molecule has 0 saturated heterocycles. The van der Waals surface area contributed by atoms with E-state index >= 15 is 0 Å². The Hall–Kier alpha value is -1.48. The highest BCUT2D eigenvalue weighted by Crippen LogP contribution is 2.18. The van der Waals surface area contributed by atoms with E-state index in [1.807, 2.05) is 6.92 Å². The van der Waals surface area contributed by atoms with Gasteiger partial charge in [-0.15, -0.1) is 0 Å². The van der Waals surface area contributed by atoms with Crippen molar-refractivity contribution in [2.45, 2.75) is 27.2 Å². The van der Waals surface area contributed by atoms with Crippen LogP contribution in [0, 0.1) is 18.5 Å². The molecular weight excluding hydrogens is 228 g/mol. The molecule has 0 aliphatic heterocycles. The van der Waals surface area contributed by atoms with Crippen molar-refractivity contribution >= 4 is 12.2 Å². The predicted octanol–water partition coefficient (Wildman–Crippen LogP) is 3.99. The standard InChI is InChI=1S/C14H16N2S/c1-4-12-10(3)15-13(16-14(12)17)11-7-5-9(2)6-8-11/h5-8H,4H2,1-3H3,(H,15,16,17). The Morgan fingerprint density at radius 3 is 2.35 bits per heavy atom. The largest absolute Gasteiger partial charge is 0.343 e. The third-order valence-corrected chi connectivity index (χ3v) is 3.25. The minimum absolute atomic E-state index is 0.708. The van der Waals surface area contributed by atoms with Gasteiger partial charge < -0.3 is 4.98 Å². The van der Waals surface area contributed by atoms with Gasteiger partial charge in [-0.1, -0.05) is 49.0 Å². The fourth-order valence-electron chi connectivity index (χ4n) is 1.87. The molecule has 2 rings (SSSR count). The van der Waals surface area contributed by atoms with Crippen LogP contribution in [0.25, 0.3) is 11.4 Å². The van der Waals surface area contributed by atoms with Gasteiger partial charge in [0.25, 0.3) is 0 Å². The molecule has 0 bridgehead atoms. The van der Waals surface area contributed by atoms with E-state index in [2.05, 4.69) is 48.1 Å². The van der Waals surface area contributed by atoms with E-state index in [1.54, 1.807) is 0 Å². The summed E-state index contributed by atoms with van der Waals surface area (Å²) < 4.78 is 0.708. The maximum atomic E-state index is 5.32. The molecule has 0 atom stereocenters. The van der Waals surface area contributed by atoms with Gasteiger partial charge in [-0.3, -0.25) is 0 Å². The number of hydrogen-bond donors (Lipinski definition) is 1. The normalized spacial score (nSPS) is 10.5. The van der Waals surface area contributed by atoms with Gasteiger partial charge in [0.1, 0.15) is 10.5 Å². The molecule has 2 nitrogen and oxygen atoms in total. The van der Waals surface area contributed by atoms with Gasteiger partial charge in [-0.05, 0) is 20.3 Å². The second kappa shape index (κ2) is 4.80. The highest BCUT2D eigenvalue weighted by atomic mass is 32.1. The molecule has 1 aromatic heterocycles. The molecular formula is C14H16N2S. The van der Waals surface area contributed by atoms with E-state index in [0.29, 0.717) is 4.64 Å². The van der Waals surface area contributed by atoms with Crippen molar-refractivity contribution < 1.29 is 0 Å². The molecule has 0 saturated carbocycles. The number of nitrogens with one attached hydrogen (secondary N) is 1. The number of aryl methyl sites for hydroxylation is 2. The monoisotopic (exact) mass is 244 g/mol. The molecule has 3 heteroatoms. The minimum Gasteiger partial charge on any atom is -0.343 e. The molecule has 0 spiro atoms. The van der Waals surface area contributed by atoms with Crippen molar-refractivity contribution in [1.82, 2.24) is 9.97 Å². The van der Waals surface area contributed by atoms with E-state index in [4.69, 9.17) is 12.2 Å². The number of nitrogens with zero attached hydrogens (tertiary/aromatic N) is 1. The third-order valence-electron chi connectivity index (χ3n) is 2.91. The number of aromatic nitrogens is 2. The predicted molar refractivity (Wildman–Crippen MR) is 73.7 cm³/mol. The lowest BCUT2D eigenvalue weighted by Crippen LogP contribution is -1.98. The second-order valence-electron chi connectivity index (χ2n) is 4.21. The number of hydrogen-bond acceptors (Lipinski definition) is 2. The zero-order valence-electron chi connectivity index (χ0n) is 10.4. The van der Waals surface area contributed by atoms with Crippen molar-refractivity contribution in [3.8, 4) is 11.4 Å². The zero-order valence-corrected chi connectivity index (χ0v) is 11.2. The Labute approximate surface area is 107 Å². The number of aromatic amines is 1. The topological polar surface area (TPSA) is 28.7 Å². The highest BCUT2D eigenvalue weighted by Gasteiger charge is 2.05. The van der Waals surface area contributed by atoms with E-state index in [-0.39, 0.29) is 0 Å². The summed E-state index contributed by atoms with van der Waals surface area (Å²) in [6.07, 6.45) is 0.919. The minimum atomic E-state index is 0.708. The highest BCUT2D eigenvalue weighted by molar-refractivity contribution is 7.71. The van der Waals surface area contributed by atoms with Gasteiger partial charge in [0, 0.05) is 16.8 Å². The van der Waals surface area contributed by atoms with Crippen LogP contribution in [0.15, 0.2) is 24.3 Å². The van der Waals surface area contributed by atoms with Gasteiger partial charge in [-0.2, -0.15) is 0 Å². The SMILES string of the molecule is CCc1c(C)[nH]c(-c2ccc(C)cc2)nc1=S. The third kappa shape index (κ3) is 2.44. The van der Waals surface area contributed by atoms with Crippen LogP contribution < -0.4 is 0 Å². The summed E-state index contributed by atoms with van der Waals surface area (Å²) in [6, 6.07) is 8.29. The van der Waals surface area contributed by atoms with Crippen LogP contribution in [0.2, 0.25) is 0 Å². The molecule has 17 heavy (non-hydrogen) atoms. The summed E-state index contributed by atoms with van der Waals surface area (Å²) in [4.78, 5) is 7.79. The Kier molecular flexibility index (Phi) is 3.38. The van der Waals surface area contributed by atoms with Crippen LogP contribution in [-0.4, -0.2) is 9.97 Å². The molecule has 1 heterocycles. The second-order valence-corrected chi connectivity index (χ2v) is 4.60. The van der Waals surface area contributed by atoms with Gasteiger partial charge >= 0.3 is 0 Å². The summed E-state index contributed by atoms with van der Waals surface area (Å²) in [5, 5.41) is 0. The van der Waals surface area contributed by atoms with Crippen LogP contribution >= 0.6 is 12.2 Å². The first-order valence-corrected chi connectivity index (χ1v) is 6.19. The fourth-order valence-corrected chi connectivity index (χ4v) is 2.26. The van der Waals surface area contributed by atoms with E-state index in [0.717, 1.165) is 29.1 Å². The lowest BCUT2D eigenvalue weighted by molar-refractivity contribution is 0.989. The quantitative estimate of drug-likeness (QED) is 0.809. The first kappa shape index (κ1) is 12.0. The molecule has 1 N–H and O–H groups in total. The summed E-state index contributed by atoms with van der Waals surface area (Å²) in [7, 11) is 0. The average molecular weight is 244 g/mol. The van der Waals surface area contributed by atoms with Gasteiger partial charge in [0.15, 0.2) is 0 Å². The Morgan fingerprint density at radius 2 is 1.82 bits per heavy atom. The van der Waals surface area contributed by atoms with Crippen molar-refractivity contribution in [3.05, 3.63) is 45.7 Å². The van der Waals surface area contributed by atoms with E-state index < -0.39 is 0 Å². The Morgan fingerprint density at radius 1 is 1.18 bits per heavy atom. The van der Waals surface area contributed by atoms with Crippen molar-refractivity contribution in [2.24, 2.45) is 0 Å². The summed E-state index contributed by atoms with van der Waals surface area (Å²) in [5.41, 5.74) is 4.57. The Bertz CT molecular complexity index is 582. The number of H-pyrrole nitrogens is 1. The lowest BCUT2D eigenvalue weighted by Gasteiger charge is -2.07.